The quantitative estimate of drug-likeness (QED) is 0.768. The maximum Gasteiger partial charge on any atom is 0.406 e. The van der Waals surface area contributed by atoms with Gasteiger partial charge in [-0.3, -0.25) is 14.3 Å². The summed E-state index contributed by atoms with van der Waals surface area (Å²) in [5.74, 6) is -0.131. The molecule has 0 saturated heterocycles. The van der Waals surface area contributed by atoms with Gasteiger partial charge in [0.25, 0.3) is 0 Å². The normalized spacial score (nSPS) is 12.9. The number of hydrogen-bond acceptors (Lipinski definition) is 5. The van der Waals surface area contributed by atoms with E-state index in [1.54, 1.807) is 33.2 Å². The highest BCUT2D eigenvalue weighted by Gasteiger charge is 2.32. The van der Waals surface area contributed by atoms with Gasteiger partial charge in [-0.15, -0.1) is 10.2 Å². The van der Waals surface area contributed by atoms with Crippen LogP contribution in [0.2, 0.25) is 0 Å². The molecule has 0 aliphatic heterocycles. The van der Waals surface area contributed by atoms with Gasteiger partial charge in [-0.25, -0.2) is 0 Å². The zero-order valence-corrected chi connectivity index (χ0v) is 14.1. The second-order valence-corrected chi connectivity index (χ2v) is 6.54. The molecule has 1 unspecified atom stereocenters. The lowest BCUT2D eigenvalue weighted by Crippen LogP contribution is -2.30. The molecule has 0 fully saturated rings. The van der Waals surface area contributed by atoms with Gasteiger partial charge in [-0.2, -0.15) is 13.2 Å². The van der Waals surface area contributed by atoms with Crippen molar-refractivity contribution in [3.8, 4) is 11.4 Å². The van der Waals surface area contributed by atoms with Gasteiger partial charge in [-0.1, -0.05) is 11.8 Å². The maximum atomic E-state index is 12.9. The first-order chi connectivity index (χ1) is 11.2. The fraction of sp³-hybridized carbons (Fsp3) is 0.429. The second kappa shape index (κ2) is 7.20. The highest BCUT2D eigenvalue weighted by Crippen LogP contribution is 2.30. The van der Waals surface area contributed by atoms with Crippen molar-refractivity contribution >= 4 is 17.7 Å². The number of amides is 1. The van der Waals surface area contributed by atoms with Gasteiger partial charge < -0.3 is 4.90 Å². The third kappa shape index (κ3) is 4.47. The molecule has 0 radical (unpaired) electrons. The maximum absolute atomic E-state index is 12.9. The number of rotatable bonds is 5. The molecule has 2 rings (SSSR count). The summed E-state index contributed by atoms with van der Waals surface area (Å²) in [6.07, 6.45) is -1.51. The van der Waals surface area contributed by atoms with Gasteiger partial charge in [0, 0.05) is 32.1 Å². The molecule has 0 N–H and O–H groups in total. The number of nitrogens with zero attached hydrogens (tertiary/aromatic N) is 5. The smallest absolute Gasteiger partial charge is 0.348 e. The fourth-order valence-electron chi connectivity index (χ4n) is 1.98. The van der Waals surface area contributed by atoms with Crippen LogP contribution in [0.25, 0.3) is 11.4 Å². The van der Waals surface area contributed by atoms with E-state index in [1.807, 2.05) is 0 Å². The molecule has 2 aromatic heterocycles. The Morgan fingerprint density at radius 1 is 1.29 bits per heavy atom. The molecule has 10 heteroatoms. The lowest BCUT2D eigenvalue weighted by molar-refractivity contribution is -0.141. The van der Waals surface area contributed by atoms with Crippen LogP contribution in [-0.4, -0.2) is 56.1 Å². The first kappa shape index (κ1) is 18.2. The van der Waals surface area contributed by atoms with Crippen molar-refractivity contribution < 1.29 is 18.0 Å². The average Bonchev–Trinajstić information content (AvgIpc) is 2.88. The summed E-state index contributed by atoms with van der Waals surface area (Å²) in [6.45, 7) is 0.384. The van der Waals surface area contributed by atoms with Crippen LogP contribution < -0.4 is 0 Å². The topological polar surface area (TPSA) is 63.9 Å². The van der Waals surface area contributed by atoms with Crippen LogP contribution in [0, 0.1) is 0 Å². The first-order valence-electron chi connectivity index (χ1n) is 6.97. The van der Waals surface area contributed by atoms with Crippen LogP contribution in [0.15, 0.2) is 29.7 Å². The van der Waals surface area contributed by atoms with Crippen molar-refractivity contribution in [1.82, 2.24) is 24.6 Å². The minimum absolute atomic E-state index is 0.0434. The molecule has 24 heavy (non-hydrogen) atoms. The molecular formula is C14H16F3N5OS. The lowest BCUT2D eigenvalue weighted by Gasteiger charge is -2.17. The Morgan fingerprint density at radius 2 is 1.92 bits per heavy atom. The Hall–Kier alpha value is -2.10. The van der Waals surface area contributed by atoms with E-state index in [0.717, 1.165) is 16.3 Å². The summed E-state index contributed by atoms with van der Waals surface area (Å²) in [5, 5.41) is 7.17. The summed E-state index contributed by atoms with van der Waals surface area (Å²) in [4.78, 5) is 17.2. The lowest BCUT2D eigenvalue weighted by atomic mass is 10.2. The Labute approximate surface area is 141 Å². The second-order valence-electron chi connectivity index (χ2n) is 5.24. The number of alkyl halides is 3. The molecule has 0 aromatic carbocycles. The Kier molecular flexibility index (Phi) is 5.47. The third-order valence-corrected chi connectivity index (χ3v) is 4.13. The van der Waals surface area contributed by atoms with Crippen molar-refractivity contribution in [2.75, 3.05) is 14.1 Å². The van der Waals surface area contributed by atoms with Crippen LogP contribution in [0.1, 0.15) is 6.92 Å². The van der Waals surface area contributed by atoms with Crippen molar-refractivity contribution in [2.24, 2.45) is 0 Å². The predicted molar refractivity (Wildman–Crippen MR) is 83.3 cm³/mol. The van der Waals surface area contributed by atoms with E-state index in [4.69, 9.17) is 0 Å². The van der Waals surface area contributed by atoms with Gasteiger partial charge >= 0.3 is 6.18 Å². The third-order valence-electron chi connectivity index (χ3n) is 3.06. The summed E-state index contributed by atoms with van der Waals surface area (Å²) < 4.78 is 39.8. The monoisotopic (exact) mass is 359 g/mol. The first-order valence-corrected chi connectivity index (χ1v) is 7.85. The summed E-state index contributed by atoms with van der Waals surface area (Å²) >= 11 is 0.945. The van der Waals surface area contributed by atoms with Crippen LogP contribution in [-0.2, 0) is 11.3 Å². The van der Waals surface area contributed by atoms with E-state index in [9.17, 15) is 18.0 Å². The number of pyridine rings is 1. The molecule has 0 saturated carbocycles. The number of aromatic nitrogens is 4. The summed E-state index contributed by atoms with van der Waals surface area (Å²) in [5.41, 5.74) is 0.472. The van der Waals surface area contributed by atoms with E-state index >= 15 is 0 Å². The SMILES string of the molecule is CC(Sc1nnc(-c2ccncc2)n1CC(F)(F)F)C(=O)N(C)C. The molecule has 0 bridgehead atoms. The van der Waals surface area contributed by atoms with Gasteiger partial charge in [-0.05, 0) is 19.1 Å². The molecule has 0 aliphatic rings. The average molecular weight is 359 g/mol. The van der Waals surface area contributed by atoms with E-state index in [-0.39, 0.29) is 16.9 Å². The van der Waals surface area contributed by atoms with Gasteiger partial charge in [0.15, 0.2) is 11.0 Å². The van der Waals surface area contributed by atoms with E-state index in [2.05, 4.69) is 15.2 Å². The van der Waals surface area contributed by atoms with E-state index < -0.39 is 18.0 Å². The Morgan fingerprint density at radius 3 is 2.46 bits per heavy atom. The summed E-state index contributed by atoms with van der Waals surface area (Å²) in [7, 11) is 3.17. The molecule has 6 nitrogen and oxygen atoms in total. The molecule has 1 amide bonds. The molecule has 1 atom stereocenters. The van der Waals surface area contributed by atoms with Crippen molar-refractivity contribution in [1.29, 1.82) is 0 Å². The largest absolute Gasteiger partial charge is 0.406 e. The van der Waals surface area contributed by atoms with Gasteiger partial charge in [0.1, 0.15) is 6.54 Å². The van der Waals surface area contributed by atoms with Crippen molar-refractivity contribution in [2.45, 2.75) is 30.1 Å². The fourth-order valence-corrected chi connectivity index (χ4v) is 2.98. The zero-order chi connectivity index (χ0) is 17.9. The van der Waals surface area contributed by atoms with Crippen LogP contribution >= 0.6 is 11.8 Å². The van der Waals surface area contributed by atoms with Gasteiger partial charge in [0.05, 0.1) is 5.25 Å². The standard InChI is InChI=1S/C14H16F3N5OS/c1-9(12(23)21(2)3)24-13-20-19-11(10-4-6-18-7-5-10)22(13)8-14(15,16)17/h4-7,9H,8H2,1-3H3. The number of carbonyl (C=O) groups is 1. The van der Waals surface area contributed by atoms with Crippen molar-refractivity contribution in [3.05, 3.63) is 24.5 Å². The Bertz CT molecular complexity index is 702. The highest BCUT2D eigenvalue weighted by molar-refractivity contribution is 8.00. The minimum atomic E-state index is -4.44. The number of thioether (sulfide) groups is 1. The number of hydrogen-bond donors (Lipinski definition) is 0. The van der Waals surface area contributed by atoms with Crippen LogP contribution in [0.3, 0.4) is 0 Å². The molecular weight excluding hydrogens is 343 g/mol. The molecule has 0 aliphatic carbocycles. The van der Waals surface area contributed by atoms with E-state index in [0.29, 0.717) is 5.56 Å². The van der Waals surface area contributed by atoms with Gasteiger partial charge in [0.2, 0.25) is 5.91 Å². The van der Waals surface area contributed by atoms with Crippen LogP contribution in [0.5, 0.6) is 0 Å². The summed E-state index contributed by atoms with van der Waals surface area (Å²) in [6, 6.07) is 3.11. The highest BCUT2D eigenvalue weighted by atomic mass is 32.2. The minimum Gasteiger partial charge on any atom is -0.348 e. The molecule has 0 spiro atoms. The number of carbonyl (C=O) groups excluding carboxylic acids is 1. The van der Waals surface area contributed by atoms with E-state index in [1.165, 1.54) is 17.3 Å². The Balaban J connectivity index is 2.38. The molecule has 130 valence electrons. The zero-order valence-electron chi connectivity index (χ0n) is 13.3. The number of halogens is 3. The molecule has 2 aromatic rings. The van der Waals surface area contributed by atoms with Crippen molar-refractivity contribution in [3.63, 3.8) is 0 Å². The van der Waals surface area contributed by atoms with Crippen LogP contribution in [0.4, 0.5) is 13.2 Å². The molecule has 2 heterocycles. The predicted octanol–water partition coefficient (Wildman–Crippen LogP) is 2.47.